The number of aryl methyl sites for hydroxylation is 2. The van der Waals surface area contributed by atoms with E-state index < -0.39 is 27.9 Å². The van der Waals surface area contributed by atoms with Crippen LogP contribution in [0.4, 0.5) is 5.69 Å². The van der Waals surface area contributed by atoms with E-state index in [2.05, 4.69) is 41.4 Å². The molecular formula is C24H25N3O6. The van der Waals surface area contributed by atoms with Crippen molar-refractivity contribution in [3.05, 3.63) is 79.2 Å². The van der Waals surface area contributed by atoms with Gasteiger partial charge in [0.1, 0.15) is 11.1 Å². The number of hydrogen-bond acceptors (Lipinski definition) is 7. The Kier molecular flexibility index (Phi) is 6.15. The number of hydrogen-bond donors (Lipinski definition) is 2. The largest absolute Gasteiger partial charge is 0.502 e. The van der Waals surface area contributed by atoms with E-state index in [0.29, 0.717) is 0 Å². The zero-order valence-electron chi connectivity index (χ0n) is 18.5. The van der Waals surface area contributed by atoms with Gasteiger partial charge < -0.3 is 14.8 Å². The molecule has 0 unspecified atom stereocenters. The molecule has 0 spiro atoms. The fraction of sp³-hybridized carbons (Fsp3) is 0.333. The second-order valence-electron chi connectivity index (χ2n) is 8.50. The van der Waals surface area contributed by atoms with Crippen LogP contribution in [0.5, 0.6) is 5.75 Å². The smallest absolute Gasteiger partial charge is 0.349 e. The van der Waals surface area contributed by atoms with Crippen LogP contribution >= 0.6 is 0 Å². The van der Waals surface area contributed by atoms with Crippen molar-refractivity contribution in [3.63, 3.8) is 0 Å². The van der Waals surface area contributed by atoms with Crippen LogP contribution in [-0.2, 0) is 6.54 Å². The third-order valence-electron chi connectivity index (χ3n) is 6.10. The fourth-order valence-corrected chi connectivity index (χ4v) is 4.15. The van der Waals surface area contributed by atoms with Gasteiger partial charge in [0, 0.05) is 42.7 Å². The van der Waals surface area contributed by atoms with E-state index in [0.717, 1.165) is 38.5 Å². The summed E-state index contributed by atoms with van der Waals surface area (Å²) < 4.78 is 5.23. The average Bonchev–Trinajstić information content (AvgIpc) is 2.79. The first-order valence-electron chi connectivity index (χ1n) is 10.8. The van der Waals surface area contributed by atoms with Crippen molar-refractivity contribution in [3.8, 4) is 5.75 Å². The zero-order valence-corrected chi connectivity index (χ0v) is 18.5. The van der Waals surface area contributed by atoms with Gasteiger partial charge in [-0.1, -0.05) is 29.8 Å². The Labute approximate surface area is 189 Å². The van der Waals surface area contributed by atoms with Crippen molar-refractivity contribution in [2.24, 2.45) is 0 Å². The van der Waals surface area contributed by atoms with Gasteiger partial charge in [-0.3, -0.25) is 19.8 Å². The van der Waals surface area contributed by atoms with Gasteiger partial charge in [-0.25, -0.2) is 4.79 Å². The molecule has 0 atom stereocenters. The molecule has 2 heterocycles. The second kappa shape index (κ2) is 9.03. The molecule has 33 heavy (non-hydrogen) atoms. The van der Waals surface area contributed by atoms with Crippen LogP contribution in [-0.4, -0.2) is 40.0 Å². The molecule has 1 aliphatic heterocycles. The summed E-state index contributed by atoms with van der Waals surface area (Å²) in [5.74, 6) is -1.14. The topological polar surface area (TPSA) is 126 Å². The van der Waals surface area contributed by atoms with Gasteiger partial charge >= 0.3 is 11.3 Å². The van der Waals surface area contributed by atoms with E-state index in [-0.39, 0.29) is 28.1 Å². The molecule has 1 saturated heterocycles. The number of nitro groups is 1. The number of benzene rings is 2. The molecule has 1 fully saturated rings. The number of nitrogens with zero attached hydrogens (tertiary/aromatic N) is 2. The molecule has 4 rings (SSSR count). The molecule has 2 aromatic carbocycles. The van der Waals surface area contributed by atoms with E-state index in [1.807, 2.05) is 0 Å². The Morgan fingerprint density at radius 3 is 2.52 bits per heavy atom. The molecule has 1 aliphatic rings. The normalized spacial score (nSPS) is 15.0. The number of aromatic hydroxyl groups is 1. The lowest BCUT2D eigenvalue weighted by Crippen LogP contribution is -2.45. The number of fused-ring (bicyclic) bond motifs is 1. The van der Waals surface area contributed by atoms with Crippen LogP contribution in [0.15, 0.2) is 45.6 Å². The van der Waals surface area contributed by atoms with Gasteiger partial charge in [0.2, 0.25) is 5.75 Å². The maximum atomic E-state index is 12.8. The quantitative estimate of drug-likeness (QED) is 0.346. The lowest BCUT2D eigenvalue weighted by atomic mass is 10.0. The SMILES string of the molecule is Cc1ccc(CN2CCC(NC(=O)c3cc4cc([N+](=O)[O-])c(O)c(C)c4oc3=O)CC2)cc1. The Morgan fingerprint density at radius 1 is 1.21 bits per heavy atom. The molecule has 1 aromatic heterocycles. The van der Waals surface area contributed by atoms with Crippen molar-refractivity contribution < 1.29 is 19.2 Å². The first kappa shape index (κ1) is 22.5. The number of nitro benzene ring substituents is 1. The van der Waals surface area contributed by atoms with Gasteiger partial charge in [0.15, 0.2) is 0 Å². The lowest BCUT2D eigenvalue weighted by molar-refractivity contribution is -0.385. The highest BCUT2D eigenvalue weighted by atomic mass is 16.6. The molecule has 1 amide bonds. The zero-order chi connectivity index (χ0) is 23.7. The summed E-state index contributed by atoms with van der Waals surface area (Å²) in [5, 5.41) is 24.3. The molecule has 0 bridgehead atoms. The summed E-state index contributed by atoms with van der Waals surface area (Å²) in [6.45, 7) is 5.95. The van der Waals surface area contributed by atoms with Crippen LogP contribution < -0.4 is 10.9 Å². The van der Waals surface area contributed by atoms with Crippen molar-refractivity contribution in [1.82, 2.24) is 10.2 Å². The van der Waals surface area contributed by atoms with Crippen LogP contribution in [0.3, 0.4) is 0 Å². The molecule has 0 aliphatic carbocycles. The number of carbonyl (C=O) groups excluding carboxylic acids is 1. The van der Waals surface area contributed by atoms with Crippen LogP contribution in [0, 0.1) is 24.0 Å². The predicted octanol–water partition coefficient (Wildman–Crippen LogP) is 3.42. The highest BCUT2D eigenvalue weighted by Crippen LogP contribution is 2.35. The van der Waals surface area contributed by atoms with Gasteiger partial charge in [0.05, 0.1) is 4.92 Å². The summed E-state index contributed by atoms with van der Waals surface area (Å²) in [4.78, 5) is 38.0. The number of carbonyl (C=O) groups is 1. The minimum atomic E-state index is -0.854. The molecule has 0 radical (unpaired) electrons. The van der Waals surface area contributed by atoms with Crippen LogP contribution in [0.25, 0.3) is 11.0 Å². The Morgan fingerprint density at radius 2 is 1.88 bits per heavy atom. The second-order valence-corrected chi connectivity index (χ2v) is 8.50. The Bertz CT molecular complexity index is 1270. The molecule has 9 nitrogen and oxygen atoms in total. The monoisotopic (exact) mass is 451 g/mol. The van der Waals surface area contributed by atoms with Gasteiger partial charge in [0.25, 0.3) is 5.91 Å². The van der Waals surface area contributed by atoms with Crippen molar-refractivity contribution >= 4 is 22.6 Å². The minimum Gasteiger partial charge on any atom is -0.502 e. The van der Waals surface area contributed by atoms with Crippen molar-refractivity contribution in [2.45, 2.75) is 39.3 Å². The summed E-state index contributed by atoms with van der Waals surface area (Å²) >= 11 is 0. The first-order chi connectivity index (χ1) is 15.7. The summed E-state index contributed by atoms with van der Waals surface area (Å²) in [6.07, 6.45) is 1.49. The molecule has 2 N–H and O–H groups in total. The fourth-order valence-electron chi connectivity index (χ4n) is 4.15. The standard InChI is InChI=1S/C24H25N3O6/c1-14-3-5-16(6-4-14)13-26-9-7-18(8-10-26)25-23(29)19-11-17-12-20(27(31)32)21(28)15(2)22(17)33-24(19)30/h3-6,11-12,18,28H,7-10,13H2,1-2H3,(H,25,29). The molecule has 172 valence electrons. The highest BCUT2D eigenvalue weighted by molar-refractivity contribution is 5.98. The maximum Gasteiger partial charge on any atom is 0.349 e. The summed E-state index contributed by atoms with van der Waals surface area (Å²) in [7, 11) is 0. The van der Waals surface area contributed by atoms with Crippen molar-refractivity contribution in [1.29, 1.82) is 0 Å². The summed E-state index contributed by atoms with van der Waals surface area (Å²) in [6, 6.07) is 10.7. The molecule has 0 saturated carbocycles. The number of amides is 1. The number of likely N-dealkylation sites (tertiary alicyclic amines) is 1. The minimum absolute atomic E-state index is 0.0177. The lowest BCUT2D eigenvalue weighted by Gasteiger charge is -2.32. The van der Waals surface area contributed by atoms with Crippen LogP contribution in [0.2, 0.25) is 0 Å². The van der Waals surface area contributed by atoms with Gasteiger partial charge in [-0.05, 0) is 38.3 Å². The van der Waals surface area contributed by atoms with E-state index >= 15 is 0 Å². The Balaban J connectivity index is 1.45. The van der Waals surface area contributed by atoms with E-state index in [1.165, 1.54) is 24.1 Å². The van der Waals surface area contributed by atoms with E-state index in [1.54, 1.807) is 0 Å². The number of piperidine rings is 1. The summed E-state index contributed by atoms with van der Waals surface area (Å²) in [5.41, 5.74) is 0.971. The van der Waals surface area contributed by atoms with E-state index in [9.17, 15) is 24.8 Å². The molecular weight excluding hydrogens is 426 g/mol. The van der Waals surface area contributed by atoms with Gasteiger partial charge in [-0.2, -0.15) is 0 Å². The first-order valence-corrected chi connectivity index (χ1v) is 10.8. The highest BCUT2D eigenvalue weighted by Gasteiger charge is 2.25. The molecule has 3 aromatic rings. The number of phenolic OH excluding ortho intramolecular Hbond substituents is 1. The Hall–Kier alpha value is -3.72. The van der Waals surface area contributed by atoms with E-state index in [4.69, 9.17) is 4.42 Å². The predicted molar refractivity (Wildman–Crippen MR) is 122 cm³/mol. The number of nitrogens with one attached hydrogen (secondary N) is 1. The van der Waals surface area contributed by atoms with Crippen molar-refractivity contribution in [2.75, 3.05) is 13.1 Å². The number of phenols is 1. The third-order valence-corrected chi connectivity index (χ3v) is 6.10. The average molecular weight is 451 g/mol. The maximum absolute atomic E-state index is 12.8. The number of rotatable bonds is 5. The molecule has 9 heteroatoms. The van der Waals surface area contributed by atoms with Crippen LogP contribution in [0.1, 0.15) is 39.9 Å². The third kappa shape index (κ3) is 4.73. The van der Waals surface area contributed by atoms with Gasteiger partial charge in [-0.15, -0.1) is 0 Å².